The van der Waals surface area contributed by atoms with E-state index in [2.05, 4.69) is 9.97 Å². The minimum atomic E-state index is -4.40. The molecule has 1 aromatic heterocycles. The van der Waals surface area contributed by atoms with Crippen molar-refractivity contribution >= 4 is 17.1 Å². The van der Waals surface area contributed by atoms with Gasteiger partial charge in [-0.2, -0.15) is 18.4 Å². The highest BCUT2D eigenvalue weighted by Gasteiger charge is 2.30. The average molecular weight is 340 g/mol. The number of rotatable bonds is 3. The summed E-state index contributed by atoms with van der Waals surface area (Å²) in [5.74, 6) is 0. The van der Waals surface area contributed by atoms with Gasteiger partial charge in [0.05, 0.1) is 35.3 Å². The molecule has 0 saturated heterocycles. The molecule has 2 aromatic carbocycles. The highest BCUT2D eigenvalue weighted by atomic mass is 19.4. The van der Waals surface area contributed by atoms with Crippen LogP contribution in [-0.4, -0.2) is 9.97 Å². The molecule has 25 heavy (non-hydrogen) atoms. The second-order valence-electron chi connectivity index (χ2n) is 5.14. The van der Waals surface area contributed by atoms with Crippen LogP contribution >= 0.6 is 0 Å². The lowest BCUT2D eigenvalue weighted by molar-refractivity contribution is -0.137. The van der Waals surface area contributed by atoms with E-state index in [9.17, 15) is 13.2 Å². The topological polar surface area (TPSA) is 52.8 Å². The van der Waals surface area contributed by atoms with E-state index in [-0.39, 0.29) is 0 Å². The molecule has 0 saturated carbocycles. The van der Waals surface area contributed by atoms with Crippen LogP contribution in [0.3, 0.4) is 0 Å². The Morgan fingerprint density at radius 3 is 1.80 bits per heavy atom. The van der Waals surface area contributed by atoms with Crippen molar-refractivity contribution in [3.8, 4) is 6.07 Å². The number of aromatic nitrogens is 2. The maximum atomic E-state index is 12.8. The van der Waals surface area contributed by atoms with E-state index < -0.39 is 11.7 Å². The summed E-state index contributed by atoms with van der Waals surface area (Å²) in [6.07, 6.45) is 0.0899. The molecule has 0 spiro atoms. The minimum Gasteiger partial charge on any atom is -0.308 e. The minimum absolute atomic E-state index is 0.487. The Morgan fingerprint density at radius 1 is 0.800 bits per heavy atom. The van der Waals surface area contributed by atoms with Crippen LogP contribution in [-0.2, 0) is 6.18 Å². The first-order valence-corrected chi connectivity index (χ1v) is 7.21. The molecule has 124 valence electrons. The van der Waals surface area contributed by atoms with Gasteiger partial charge in [0, 0.05) is 11.4 Å². The molecular formula is C18H11F3N4. The van der Waals surface area contributed by atoms with Crippen molar-refractivity contribution < 1.29 is 13.2 Å². The van der Waals surface area contributed by atoms with E-state index >= 15 is 0 Å². The van der Waals surface area contributed by atoms with Crippen LogP contribution in [0.1, 0.15) is 11.1 Å². The number of anilines is 3. The zero-order valence-electron chi connectivity index (χ0n) is 12.8. The number of nitrogens with zero attached hydrogens (tertiary/aromatic N) is 4. The fourth-order valence-electron chi connectivity index (χ4n) is 2.34. The van der Waals surface area contributed by atoms with E-state index in [1.165, 1.54) is 18.5 Å². The summed E-state index contributed by atoms with van der Waals surface area (Å²) in [4.78, 5) is 9.63. The Bertz CT molecular complexity index is 883. The Morgan fingerprint density at radius 2 is 1.32 bits per heavy atom. The molecule has 0 bridgehead atoms. The van der Waals surface area contributed by atoms with Crippen LogP contribution in [0, 0.1) is 11.3 Å². The Kier molecular flexibility index (Phi) is 4.35. The number of alkyl halides is 3. The predicted molar refractivity (Wildman–Crippen MR) is 86.4 cm³/mol. The van der Waals surface area contributed by atoms with Gasteiger partial charge in [-0.25, -0.2) is 9.97 Å². The van der Waals surface area contributed by atoms with Crippen molar-refractivity contribution in [2.45, 2.75) is 6.18 Å². The number of hydrogen-bond acceptors (Lipinski definition) is 4. The third-order valence-electron chi connectivity index (χ3n) is 3.51. The normalized spacial score (nSPS) is 11.0. The fourth-order valence-corrected chi connectivity index (χ4v) is 2.34. The maximum Gasteiger partial charge on any atom is 0.416 e. The van der Waals surface area contributed by atoms with Crippen LogP contribution in [0.25, 0.3) is 0 Å². The van der Waals surface area contributed by atoms with Gasteiger partial charge in [-0.1, -0.05) is 0 Å². The Balaban J connectivity index is 2.07. The zero-order chi connectivity index (χ0) is 17.9. The first-order chi connectivity index (χ1) is 12.0. The van der Waals surface area contributed by atoms with Gasteiger partial charge in [-0.3, -0.25) is 0 Å². The second kappa shape index (κ2) is 6.61. The summed E-state index contributed by atoms with van der Waals surface area (Å²) in [6.45, 7) is 0. The van der Waals surface area contributed by atoms with Crippen molar-refractivity contribution in [3.05, 3.63) is 78.4 Å². The third kappa shape index (κ3) is 3.58. The molecule has 0 amide bonds. The molecule has 0 aliphatic carbocycles. The highest BCUT2D eigenvalue weighted by Crippen LogP contribution is 2.36. The van der Waals surface area contributed by atoms with Gasteiger partial charge in [0.2, 0.25) is 0 Å². The van der Waals surface area contributed by atoms with E-state index in [0.717, 1.165) is 12.1 Å². The largest absolute Gasteiger partial charge is 0.416 e. The van der Waals surface area contributed by atoms with Gasteiger partial charge in [0.1, 0.15) is 6.33 Å². The smallest absolute Gasteiger partial charge is 0.308 e. The van der Waals surface area contributed by atoms with Crippen molar-refractivity contribution in [1.82, 2.24) is 9.97 Å². The predicted octanol–water partition coefficient (Wildman–Crippen LogP) is 4.84. The molecule has 0 atom stereocenters. The standard InChI is InChI=1S/C18H11F3N4/c19-18(20,21)14-3-7-16(8-4-14)25(17-10-23-12-24-11-17)15-5-1-13(9-22)2-6-15/h1-8,10-12H. The lowest BCUT2D eigenvalue weighted by atomic mass is 10.1. The summed E-state index contributed by atoms with van der Waals surface area (Å²) in [5, 5.41) is 8.92. The molecule has 0 N–H and O–H groups in total. The molecule has 4 nitrogen and oxygen atoms in total. The second-order valence-corrected chi connectivity index (χ2v) is 5.14. The van der Waals surface area contributed by atoms with Crippen molar-refractivity contribution in [2.24, 2.45) is 0 Å². The van der Waals surface area contributed by atoms with E-state index in [4.69, 9.17) is 5.26 Å². The number of nitriles is 1. The van der Waals surface area contributed by atoms with Crippen molar-refractivity contribution in [2.75, 3.05) is 4.90 Å². The molecule has 0 aliphatic rings. The van der Waals surface area contributed by atoms with Gasteiger partial charge in [-0.05, 0) is 48.5 Å². The van der Waals surface area contributed by atoms with Gasteiger partial charge in [-0.15, -0.1) is 0 Å². The van der Waals surface area contributed by atoms with Gasteiger partial charge in [0.15, 0.2) is 0 Å². The van der Waals surface area contributed by atoms with Crippen LogP contribution in [0.2, 0.25) is 0 Å². The lowest BCUT2D eigenvalue weighted by Crippen LogP contribution is -2.11. The summed E-state index contributed by atoms with van der Waals surface area (Å²) in [6, 6.07) is 13.5. The highest BCUT2D eigenvalue weighted by molar-refractivity contribution is 5.75. The monoisotopic (exact) mass is 340 g/mol. The van der Waals surface area contributed by atoms with Crippen LogP contribution < -0.4 is 4.90 Å². The Hall–Kier alpha value is -3.40. The summed E-state index contributed by atoms with van der Waals surface area (Å²) >= 11 is 0. The molecular weight excluding hydrogens is 329 g/mol. The van der Waals surface area contributed by atoms with Crippen LogP contribution in [0.4, 0.5) is 30.2 Å². The Labute approximate surface area is 141 Å². The summed E-state index contributed by atoms with van der Waals surface area (Å²) in [7, 11) is 0. The lowest BCUT2D eigenvalue weighted by Gasteiger charge is -2.25. The maximum absolute atomic E-state index is 12.8. The average Bonchev–Trinajstić information content (AvgIpc) is 2.63. The molecule has 0 radical (unpaired) electrons. The molecule has 1 heterocycles. The molecule has 0 unspecified atom stereocenters. The van der Waals surface area contributed by atoms with Gasteiger partial charge >= 0.3 is 6.18 Å². The molecule has 0 fully saturated rings. The van der Waals surface area contributed by atoms with E-state index in [1.54, 1.807) is 41.6 Å². The molecule has 7 heteroatoms. The van der Waals surface area contributed by atoms with E-state index in [0.29, 0.717) is 22.6 Å². The van der Waals surface area contributed by atoms with Gasteiger partial charge in [0.25, 0.3) is 0 Å². The third-order valence-corrected chi connectivity index (χ3v) is 3.51. The fraction of sp³-hybridized carbons (Fsp3) is 0.0556. The van der Waals surface area contributed by atoms with E-state index in [1.807, 2.05) is 6.07 Å². The van der Waals surface area contributed by atoms with Crippen molar-refractivity contribution in [3.63, 3.8) is 0 Å². The number of halogens is 3. The van der Waals surface area contributed by atoms with Crippen LogP contribution in [0.15, 0.2) is 67.3 Å². The first kappa shape index (κ1) is 16.5. The number of hydrogen-bond donors (Lipinski definition) is 0. The quantitative estimate of drug-likeness (QED) is 0.685. The first-order valence-electron chi connectivity index (χ1n) is 7.21. The molecule has 3 aromatic rings. The SMILES string of the molecule is N#Cc1ccc(N(c2ccc(C(F)(F)F)cc2)c2cncnc2)cc1. The molecule has 0 aliphatic heterocycles. The van der Waals surface area contributed by atoms with Gasteiger partial charge < -0.3 is 4.90 Å². The van der Waals surface area contributed by atoms with Crippen molar-refractivity contribution in [1.29, 1.82) is 5.26 Å². The summed E-state index contributed by atoms with van der Waals surface area (Å²) in [5.41, 5.74) is 1.55. The van der Waals surface area contributed by atoms with Crippen LogP contribution in [0.5, 0.6) is 0 Å². The number of benzene rings is 2. The molecule has 3 rings (SSSR count). The zero-order valence-corrected chi connectivity index (χ0v) is 12.8. The summed E-state index contributed by atoms with van der Waals surface area (Å²) < 4.78 is 38.4.